The number of hydrogen-bond acceptors (Lipinski definition) is 3. The summed E-state index contributed by atoms with van der Waals surface area (Å²) in [5.41, 5.74) is 0. The summed E-state index contributed by atoms with van der Waals surface area (Å²) < 4.78 is 0. The molecule has 2 N–H and O–H groups in total. The lowest BCUT2D eigenvalue weighted by molar-refractivity contribution is -0.126. The van der Waals surface area contributed by atoms with Crippen LogP contribution in [0.3, 0.4) is 0 Å². The number of carbonyl (C=O) groups is 1. The normalized spacial score (nSPS) is 20.4. The fourth-order valence-corrected chi connectivity index (χ4v) is 2.32. The first kappa shape index (κ1) is 11.9. The van der Waals surface area contributed by atoms with Crippen LogP contribution < -0.4 is 10.6 Å². The first-order chi connectivity index (χ1) is 6.74. The van der Waals surface area contributed by atoms with E-state index >= 15 is 0 Å². The van der Waals surface area contributed by atoms with E-state index in [-0.39, 0.29) is 11.8 Å². The van der Waals surface area contributed by atoms with Gasteiger partial charge in [0.25, 0.3) is 0 Å². The topological polar surface area (TPSA) is 41.1 Å². The Kier molecular flexibility index (Phi) is 5.33. The lowest BCUT2D eigenvalue weighted by atomic mass is 9.97. The maximum atomic E-state index is 11.7. The SMILES string of the molecule is CSCC(C)NC(=O)C1CCNCC1. The molecule has 0 saturated carbocycles. The van der Waals surface area contributed by atoms with E-state index in [0.717, 1.165) is 31.7 Å². The van der Waals surface area contributed by atoms with Crippen molar-refractivity contribution in [1.82, 2.24) is 10.6 Å². The van der Waals surface area contributed by atoms with Crippen molar-refractivity contribution in [2.45, 2.75) is 25.8 Å². The molecule has 1 fully saturated rings. The molecule has 1 unspecified atom stereocenters. The number of nitrogens with one attached hydrogen (secondary N) is 2. The van der Waals surface area contributed by atoms with E-state index in [4.69, 9.17) is 0 Å². The highest BCUT2D eigenvalue weighted by atomic mass is 32.2. The molecule has 0 aromatic rings. The molecule has 1 amide bonds. The molecule has 1 atom stereocenters. The van der Waals surface area contributed by atoms with Gasteiger partial charge in [0.05, 0.1) is 0 Å². The number of carbonyl (C=O) groups excluding carboxylic acids is 1. The molecule has 0 bridgehead atoms. The van der Waals surface area contributed by atoms with Gasteiger partial charge in [-0.25, -0.2) is 0 Å². The van der Waals surface area contributed by atoms with E-state index in [2.05, 4.69) is 23.8 Å². The molecule has 82 valence electrons. The van der Waals surface area contributed by atoms with Crippen molar-refractivity contribution < 1.29 is 4.79 Å². The van der Waals surface area contributed by atoms with Gasteiger partial charge in [-0.15, -0.1) is 0 Å². The summed E-state index contributed by atoms with van der Waals surface area (Å²) >= 11 is 1.77. The van der Waals surface area contributed by atoms with Crippen LogP contribution in [-0.2, 0) is 4.79 Å². The van der Waals surface area contributed by atoms with Crippen molar-refractivity contribution in [3.8, 4) is 0 Å². The van der Waals surface area contributed by atoms with E-state index < -0.39 is 0 Å². The van der Waals surface area contributed by atoms with Crippen molar-refractivity contribution in [2.75, 3.05) is 25.1 Å². The largest absolute Gasteiger partial charge is 0.353 e. The molecular weight excluding hydrogens is 196 g/mol. The molecule has 0 spiro atoms. The first-order valence-electron chi connectivity index (χ1n) is 5.24. The number of thioether (sulfide) groups is 1. The quantitative estimate of drug-likeness (QED) is 0.732. The smallest absolute Gasteiger partial charge is 0.223 e. The summed E-state index contributed by atoms with van der Waals surface area (Å²) in [4.78, 5) is 11.7. The molecule has 14 heavy (non-hydrogen) atoms. The molecule has 1 saturated heterocycles. The third kappa shape index (κ3) is 3.88. The maximum absolute atomic E-state index is 11.7. The molecule has 1 aliphatic heterocycles. The first-order valence-corrected chi connectivity index (χ1v) is 6.63. The van der Waals surface area contributed by atoms with Gasteiger partial charge in [0.15, 0.2) is 0 Å². The summed E-state index contributed by atoms with van der Waals surface area (Å²) in [7, 11) is 0. The number of piperidine rings is 1. The lowest BCUT2D eigenvalue weighted by Crippen LogP contribution is -2.42. The summed E-state index contributed by atoms with van der Waals surface area (Å²) in [5, 5.41) is 6.33. The highest BCUT2D eigenvalue weighted by Gasteiger charge is 2.21. The molecule has 1 aliphatic rings. The minimum absolute atomic E-state index is 0.237. The Bertz CT molecular complexity index is 181. The molecule has 0 aromatic heterocycles. The zero-order valence-electron chi connectivity index (χ0n) is 9.01. The van der Waals surface area contributed by atoms with Crippen LogP contribution in [0.5, 0.6) is 0 Å². The van der Waals surface area contributed by atoms with Crippen LogP contribution in [0.15, 0.2) is 0 Å². The second-order valence-electron chi connectivity index (χ2n) is 3.89. The van der Waals surface area contributed by atoms with Gasteiger partial charge in [0.2, 0.25) is 5.91 Å². The Morgan fingerprint density at radius 2 is 2.21 bits per heavy atom. The van der Waals surface area contributed by atoms with E-state index in [1.165, 1.54) is 0 Å². The van der Waals surface area contributed by atoms with Crippen molar-refractivity contribution in [1.29, 1.82) is 0 Å². The van der Waals surface area contributed by atoms with Crippen molar-refractivity contribution >= 4 is 17.7 Å². The van der Waals surface area contributed by atoms with Crippen LogP contribution in [0.4, 0.5) is 0 Å². The highest BCUT2D eigenvalue weighted by Crippen LogP contribution is 2.11. The minimum Gasteiger partial charge on any atom is -0.353 e. The summed E-state index contributed by atoms with van der Waals surface area (Å²) in [6, 6.07) is 0.299. The second kappa shape index (κ2) is 6.30. The van der Waals surface area contributed by atoms with Crippen LogP contribution in [0, 0.1) is 5.92 Å². The van der Waals surface area contributed by atoms with Gasteiger partial charge < -0.3 is 10.6 Å². The zero-order chi connectivity index (χ0) is 10.4. The van der Waals surface area contributed by atoms with Crippen LogP contribution in [0.25, 0.3) is 0 Å². The Morgan fingerprint density at radius 1 is 1.57 bits per heavy atom. The molecular formula is C10H20N2OS. The van der Waals surface area contributed by atoms with Gasteiger partial charge in [0.1, 0.15) is 0 Å². The van der Waals surface area contributed by atoms with Gasteiger partial charge in [-0.1, -0.05) is 0 Å². The van der Waals surface area contributed by atoms with Gasteiger partial charge in [-0.05, 0) is 39.1 Å². The van der Waals surface area contributed by atoms with Gasteiger partial charge in [-0.2, -0.15) is 11.8 Å². The Morgan fingerprint density at radius 3 is 2.79 bits per heavy atom. The Hall–Kier alpha value is -0.220. The lowest BCUT2D eigenvalue weighted by Gasteiger charge is -2.23. The van der Waals surface area contributed by atoms with Gasteiger partial charge >= 0.3 is 0 Å². The van der Waals surface area contributed by atoms with Crippen LogP contribution in [0.1, 0.15) is 19.8 Å². The van der Waals surface area contributed by atoms with E-state index in [0.29, 0.717) is 6.04 Å². The highest BCUT2D eigenvalue weighted by molar-refractivity contribution is 7.98. The van der Waals surface area contributed by atoms with Crippen molar-refractivity contribution in [3.63, 3.8) is 0 Å². The molecule has 1 rings (SSSR count). The molecule has 4 heteroatoms. The van der Waals surface area contributed by atoms with Gasteiger partial charge in [0, 0.05) is 17.7 Å². The maximum Gasteiger partial charge on any atom is 0.223 e. The fourth-order valence-electron chi connectivity index (χ4n) is 1.74. The molecule has 0 aromatic carbocycles. The van der Waals surface area contributed by atoms with E-state index in [1.54, 1.807) is 11.8 Å². The number of rotatable bonds is 4. The Labute approximate surface area is 90.4 Å². The standard InChI is InChI=1S/C10H20N2OS/c1-8(7-14-2)12-10(13)9-3-5-11-6-4-9/h8-9,11H,3-7H2,1-2H3,(H,12,13). The van der Waals surface area contributed by atoms with E-state index in [1.807, 2.05) is 0 Å². The van der Waals surface area contributed by atoms with Crippen LogP contribution >= 0.6 is 11.8 Å². The molecule has 1 heterocycles. The number of hydrogen-bond donors (Lipinski definition) is 2. The van der Waals surface area contributed by atoms with Crippen molar-refractivity contribution in [3.05, 3.63) is 0 Å². The average molecular weight is 216 g/mol. The summed E-state index contributed by atoms with van der Waals surface area (Å²) in [5.74, 6) is 1.48. The summed E-state index contributed by atoms with van der Waals surface area (Å²) in [6.07, 6.45) is 4.03. The zero-order valence-corrected chi connectivity index (χ0v) is 9.82. The van der Waals surface area contributed by atoms with Gasteiger partial charge in [-0.3, -0.25) is 4.79 Å². The monoisotopic (exact) mass is 216 g/mol. The number of amides is 1. The molecule has 0 aliphatic carbocycles. The molecule has 0 radical (unpaired) electrons. The fraction of sp³-hybridized carbons (Fsp3) is 0.900. The third-order valence-corrected chi connectivity index (χ3v) is 3.35. The average Bonchev–Trinajstić information content (AvgIpc) is 2.19. The van der Waals surface area contributed by atoms with Crippen LogP contribution in [-0.4, -0.2) is 37.0 Å². The summed E-state index contributed by atoms with van der Waals surface area (Å²) in [6.45, 7) is 4.03. The second-order valence-corrected chi connectivity index (χ2v) is 4.80. The third-order valence-electron chi connectivity index (χ3n) is 2.52. The van der Waals surface area contributed by atoms with E-state index in [9.17, 15) is 4.79 Å². The predicted octanol–water partition coefficient (Wildman–Crippen LogP) is 0.854. The predicted molar refractivity (Wildman–Crippen MR) is 61.6 cm³/mol. The molecule has 3 nitrogen and oxygen atoms in total. The van der Waals surface area contributed by atoms with Crippen molar-refractivity contribution in [2.24, 2.45) is 5.92 Å². The van der Waals surface area contributed by atoms with Crippen LogP contribution in [0.2, 0.25) is 0 Å². The Balaban J connectivity index is 2.25. The minimum atomic E-state index is 0.237.